The summed E-state index contributed by atoms with van der Waals surface area (Å²) in [6, 6.07) is 2.82. The highest BCUT2D eigenvalue weighted by molar-refractivity contribution is 7.11. The number of furan rings is 1. The van der Waals surface area contributed by atoms with Crippen LogP contribution in [0.1, 0.15) is 34.7 Å². The second kappa shape index (κ2) is 6.53. The van der Waals surface area contributed by atoms with Crippen molar-refractivity contribution >= 4 is 17.4 Å². The van der Waals surface area contributed by atoms with E-state index in [2.05, 4.69) is 15.6 Å². The molecule has 0 aliphatic rings. The molecule has 0 fully saturated rings. The van der Waals surface area contributed by atoms with E-state index in [-0.39, 0.29) is 18.6 Å². The van der Waals surface area contributed by atoms with Crippen LogP contribution in [0, 0.1) is 6.92 Å². The molecule has 2 atom stereocenters. The molecule has 2 heterocycles. The number of hydrogen-bond donors (Lipinski definition) is 3. The summed E-state index contributed by atoms with van der Waals surface area (Å²) in [6.07, 6.45) is 2.40. The van der Waals surface area contributed by atoms with Crippen molar-refractivity contribution in [2.75, 3.05) is 6.54 Å². The van der Waals surface area contributed by atoms with Crippen LogP contribution in [0.3, 0.4) is 0 Å². The minimum Gasteiger partial charge on any atom is -0.467 e. The van der Waals surface area contributed by atoms with Crippen LogP contribution >= 0.6 is 11.3 Å². The van der Waals surface area contributed by atoms with Crippen LogP contribution in [0.4, 0.5) is 4.79 Å². The molecule has 0 saturated heterocycles. The normalized spacial score (nSPS) is 13.8. The van der Waals surface area contributed by atoms with Gasteiger partial charge in [-0.1, -0.05) is 0 Å². The van der Waals surface area contributed by atoms with Crippen LogP contribution in [0.5, 0.6) is 0 Å². The minimum absolute atomic E-state index is 0.0863. The van der Waals surface area contributed by atoms with E-state index in [4.69, 9.17) is 4.42 Å². The maximum atomic E-state index is 11.7. The fraction of sp³-hybridized carbons (Fsp3) is 0.385. The maximum Gasteiger partial charge on any atom is 0.315 e. The van der Waals surface area contributed by atoms with E-state index in [1.54, 1.807) is 29.7 Å². The number of urea groups is 1. The van der Waals surface area contributed by atoms with Crippen molar-refractivity contribution in [3.63, 3.8) is 0 Å². The predicted molar refractivity (Wildman–Crippen MR) is 75.5 cm³/mol. The number of carbonyl (C=O) groups excluding carboxylic acids is 1. The molecule has 2 rings (SSSR count). The number of rotatable bonds is 5. The average Bonchev–Trinajstić information content (AvgIpc) is 3.06. The van der Waals surface area contributed by atoms with Crippen molar-refractivity contribution in [2.45, 2.75) is 26.0 Å². The lowest BCUT2D eigenvalue weighted by molar-refractivity contribution is 0.147. The number of thiazole rings is 1. The molecule has 20 heavy (non-hydrogen) atoms. The molecule has 2 aromatic rings. The Hall–Kier alpha value is -1.86. The Balaban J connectivity index is 1.78. The molecule has 2 aromatic heterocycles. The van der Waals surface area contributed by atoms with E-state index >= 15 is 0 Å². The Labute approximate surface area is 120 Å². The number of amides is 2. The van der Waals surface area contributed by atoms with Crippen LogP contribution in [0.2, 0.25) is 0 Å². The molecule has 3 N–H and O–H groups in total. The summed E-state index contributed by atoms with van der Waals surface area (Å²) >= 11 is 1.54. The van der Waals surface area contributed by atoms with Gasteiger partial charge in [0.05, 0.1) is 18.8 Å². The van der Waals surface area contributed by atoms with E-state index in [9.17, 15) is 9.90 Å². The van der Waals surface area contributed by atoms with E-state index < -0.39 is 6.10 Å². The first kappa shape index (κ1) is 14.5. The SMILES string of the molecule is Cc1cnc(C(C)NC(=O)NCC(O)c2ccco2)s1. The number of aliphatic hydroxyl groups excluding tert-OH is 1. The number of carbonyl (C=O) groups is 1. The number of nitrogens with zero attached hydrogens (tertiary/aromatic N) is 1. The van der Waals surface area contributed by atoms with Crippen molar-refractivity contribution in [1.82, 2.24) is 15.6 Å². The highest BCUT2D eigenvalue weighted by Gasteiger charge is 2.15. The Kier molecular flexibility index (Phi) is 4.75. The summed E-state index contributed by atoms with van der Waals surface area (Å²) in [6.45, 7) is 3.91. The van der Waals surface area contributed by atoms with Gasteiger partial charge in [0.15, 0.2) is 0 Å². The van der Waals surface area contributed by atoms with Gasteiger partial charge in [0.2, 0.25) is 0 Å². The van der Waals surface area contributed by atoms with Crippen molar-refractivity contribution in [2.24, 2.45) is 0 Å². The van der Waals surface area contributed by atoms with Crippen LogP contribution < -0.4 is 10.6 Å². The first-order valence-corrected chi connectivity index (χ1v) is 7.06. The molecule has 0 aromatic carbocycles. The highest BCUT2D eigenvalue weighted by Crippen LogP contribution is 2.18. The third-order valence-electron chi connectivity index (χ3n) is 2.68. The van der Waals surface area contributed by atoms with E-state index in [1.165, 1.54) is 6.26 Å². The molecule has 2 amide bonds. The van der Waals surface area contributed by atoms with Crippen LogP contribution in [-0.2, 0) is 0 Å². The van der Waals surface area contributed by atoms with Crippen molar-refractivity contribution in [3.05, 3.63) is 40.2 Å². The number of aryl methyl sites for hydroxylation is 1. The van der Waals surface area contributed by atoms with Gasteiger partial charge in [-0.2, -0.15) is 0 Å². The smallest absolute Gasteiger partial charge is 0.315 e. The van der Waals surface area contributed by atoms with Gasteiger partial charge in [-0.3, -0.25) is 0 Å². The first-order chi connectivity index (χ1) is 9.56. The summed E-state index contributed by atoms with van der Waals surface area (Å²) in [7, 11) is 0. The van der Waals surface area contributed by atoms with Crippen molar-refractivity contribution in [3.8, 4) is 0 Å². The lowest BCUT2D eigenvalue weighted by Gasteiger charge is -2.14. The van der Waals surface area contributed by atoms with Crippen LogP contribution in [-0.4, -0.2) is 22.7 Å². The first-order valence-electron chi connectivity index (χ1n) is 6.24. The van der Waals surface area contributed by atoms with Gasteiger partial charge in [0, 0.05) is 11.1 Å². The highest BCUT2D eigenvalue weighted by atomic mass is 32.1. The van der Waals surface area contributed by atoms with E-state index in [0.29, 0.717) is 5.76 Å². The van der Waals surface area contributed by atoms with Gasteiger partial charge in [0.25, 0.3) is 0 Å². The van der Waals surface area contributed by atoms with Gasteiger partial charge in [-0.25, -0.2) is 9.78 Å². The van der Waals surface area contributed by atoms with Gasteiger partial charge in [0.1, 0.15) is 16.9 Å². The largest absolute Gasteiger partial charge is 0.467 e. The Bertz CT molecular complexity index is 553. The fourth-order valence-electron chi connectivity index (χ4n) is 1.65. The molecular weight excluding hydrogens is 278 g/mol. The summed E-state index contributed by atoms with van der Waals surface area (Å²) < 4.78 is 5.05. The quantitative estimate of drug-likeness (QED) is 0.788. The summed E-state index contributed by atoms with van der Waals surface area (Å²) in [4.78, 5) is 17.0. The molecule has 0 radical (unpaired) electrons. The van der Waals surface area contributed by atoms with E-state index in [1.807, 2.05) is 13.8 Å². The molecule has 0 bridgehead atoms. The van der Waals surface area contributed by atoms with Crippen molar-refractivity contribution < 1.29 is 14.3 Å². The summed E-state index contributed by atoms with van der Waals surface area (Å²) in [5, 5.41) is 16.0. The van der Waals surface area contributed by atoms with E-state index in [0.717, 1.165) is 9.88 Å². The Morgan fingerprint density at radius 3 is 3.00 bits per heavy atom. The number of hydrogen-bond acceptors (Lipinski definition) is 5. The molecule has 108 valence electrons. The third-order valence-corrected chi connectivity index (χ3v) is 3.78. The Morgan fingerprint density at radius 1 is 1.60 bits per heavy atom. The number of nitrogens with one attached hydrogen (secondary N) is 2. The maximum absolute atomic E-state index is 11.7. The summed E-state index contributed by atoms with van der Waals surface area (Å²) in [5.41, 5.74) is 0. The third kappa shape index (κ3) is 3.82. The monoisotopic (exact) mass is 295 g/mol. The second-order valence-corrected chi connectivity index (χ2v) is 5.68. The average molecular weight is 295 g/mol. The lowest BCUT2D eigenvalue weighted by atomic mass is 10.3. The molecular formula is C13H17N3O3S. The second-order valence-electron chi connectivity index (χ2n) is 4.42. The molecule has 0 aliphatic heterocycles. The molecule has 2 unspecified atom stereocenters. The molecule has 0 spiro atoms. The molecule has 0 saturated carbocycles. The minimum atomic E-state index is -0.854. The number of aliphatic hydroxyl groups is 1. The van der Waals surface area contributed by atoms with Crippen molar-refractivity contribution in [1.29, 1.82) is 0 Å². The zero-order chi connectivity index (χ0) is 14.5. The fourth-order valence-corrected chi connectivity index (χ4v) is 2.43. The van der Waals surface area contributed by atoms with Gasteiger partial charge >= 0.3 is 6.03 Å². The molecule has 6 nitrogen and oxygen atoms in total. The molecule has 7 heteroatoms. The van der Waals surface area contributed by atoms with Crippen LogP contribution in [0.25, 0.3) is 0 Å². The molecule has 0 aliphatic carbocycles. The topological polar surface area (TPSA) is 87.4 Å². The summed E-state index contributed by atoms with van der Waals surface area (Å²) in [5.74, 6) is 0.425. The number of aromatic nitrogens is 1. The van der Waals surface area contributed by atoms with Gasteiger partial charge in [-0.15, -0.1) is 11.3 Å². The Morgan fingerprint density at radius 2 is 2.40 bits per heavy atom. The lowest BCUT2D eigenvalue weighted by Crippen LogP contribution is -2.39. The predicted octanol–water partition coefficient (Wildman–Crippen LogP) is 2.14. The zero-order valence-electron chi connectivity index (χ0n) is 11.3. The van der Waals surface area contributed by atoms with Gasteiger partial charge < -0.3 is 20.2 Å². The van der Waals surface area contributed by atoms with Gasteiger partial charge in [-0.05, 0) is 26.0 Å². The standard InChI is InChI=1S/C13H17N3O3S/c1-8-6-14-12(20-8)9(2)16-13(18)15-7-10(17)11-4-3-5-19-11/h3-6,9-10,17H,7H2,1-2H3,(H2,15,16,18). The van der Waals surface area contributed by atoms with Crippen LogP contribution in [0.15, 0.2) is 29.0 Å². The zero-order valence-corrected chi connectivity index (χ0v) is 12.1.